The molecule has 0 bridgehead atoms. The molecule has 18 heavy (non-hydrogen) atoms. The number of halogens is 2. The van der Waals surface area contributed by atoms with E-state index in [4.69, 9.17) is 4.74 Å². The van der Waals surface area contributed by atoms with Crippen molar-refractivity contribution in [1.29, 1.82) is 0 Å². The number of rotatable bonds is 3. The smallest absolute Gasteiger partial charge is 0.143 e. The van der Waals surface area contributed by atoms with Gasteiger partial charge in [0, 0.05) is 16.2 Å². The first kappa shape index (κ1) is 13.0. The van der Waals surface area contributed by atoms with E-state index in [2.05, 4.69) is 20.9 Å². The van der Waals surface area contributed by atoms with Crippen molar-refractivity contribution in [3.8, 4) is 5.75 Å². The molecule has 0 amide bonds. The third-order valence-corrected chi connectivity index (χ3v) is 3.24. The van der Waals surface area contributed by atoms with Crippen LogP contribution in [-0.2, 0) is 0 Å². The lowest BCUT2D eigenvalue weighted by Gasteiger charge is -2.15. The Morgan fingerprint density at radius 3 is 2.78 bits per heavy atom. The van der Waals surface area contributed by atoms with Gasteiger partial charge in [0.25, 0.3) is 0 Å². The second kappa shape index (κ2) is 5.46. The van der Waals surface area contributed by atoms with Crippen molar-refractivity contribution in [1.82, 2.24) is 4.98 Å². The van der Waals surface area contributed by atoms with Crippen LogP contribution < -0.4 is 4.74 Å². The number of aliphatic hydroxyl groups excluding tert-OH is 1. The molecule has 1 unspecified atom stereocenters. The predicted octanol–water partition coefficient (Wildman–Crippen LogP) is 3.07. The Labute approximate surface area is 112 Å². The second-order valence-electron chi connectivity index (χ2n) is 3.63. The summed E-state index contributed by atoms with van der Waals surface area (Å²) >= 11 is 3.22. The highest BCUT2D eigenvalue weighted by molar-refractivity contribution is 9.10. The van der Waals surface area contributed by atoms with Gasteiger partial charge in [0.15, 0.2) is 0 Å². The summed E-state index contributed by atoms with van der Waals surface area (Å²) < 4.78 is 19.4. The number of ether oxygens (including phenoxy) is 1. The van der Waals surface area contributed by atoms with Crippen molar-refractivity contribution in [3.63, 3.8) is 0 Å². The van der Waals surface area contributed by atoms with E-state index in [1.807, 2.05) is 0 Å². The van der Waals surface area contributed by atoms with Crippen LogP contribution in [0.15, 0.2) is 41.0 Å². The Morgan fingerprint density at radius 2 is 2.11 bits per heavy atom. The van der Waals surface area contributed by atoms with Crippen molar-refractivity contribution >= 4 is 15.9 Å². The van der Waals surface area contributed by atoms with Gasteiger partial charge in [-0.25, -0.2) is 4.39 Å². The van der Waals surface area contributed by atoms with Crippen molar-refractivity contribution in [2.24, 2.45) is 0 Å². The van der Waals surface area contributed by atoms with Gasteiger partial charge >= 0.3 is 0 Å². The summed E-state index contributed by atoms with van der Waals surface area (Å²) in [6.07, 6.45) is 0.340. The molecule has 0 saturated carbocycles. The van der Waals surface area contributed by atoms with Crippen LogP contribution in [0.1, 0.15) is 17.4 Å². The third kappa shape index (κ3) is 2.37. The first-order valence-electron chi connectivity index (χ1n) is 5.26. The van der Waals surface area contributed by atoms with E-state index < -0.39 is 11.9 Å². The molecule has 94 valence electrons. The molecule has 0 saturated heterocycles. The Bertz CT molecular complexity index is 542. The van der Waals surface area contributed by atoms with E-state index in [1.165, 1.54) is 19.4 Å². The molecule has 1 N–H and O–H groups in total. The lowest BCUT2D eigenvalue weighted by Crippen LogP contribution is -2.07. The molecule has 0 aliphatic rings. The zero-order chi connectivity index (χ0) is 13.1. The van der Waals surface area contributed by atoms with Gasteiger partial charge < -0.3 is 9.84 Å². The number of aromatic nitrogens is 1. The van der Waals surface area contributed by atoms with Crippen LogP contribution in [0.3, 0.4) is 0 Å². The summed E-state index contributed by atoms with van der Waals surface area (Å²) in [5.41, 5.74) is 0.431. The molecule has 1 heterocycles. The van der Waals surface area contributed by atoms with Gasteiger partial charge in [0.1, 0.15) is 23.4 Å². The minimum Gasteiger partial charge on any atom is -0.495 e. The first-order chi connectivity index (χ1) is 8.65. The van der Waals surface area contributed by atoms with E-state index >= 15 is 0 Å². The zero-order valence-electron chi connectivity index (χ0n) is 9.60. The fourth-order valence-corrected chi connectivity index (χ4v) is 2.25. The largest absolute Gasteiger partial charge is 0.495 e. The molecule has 2 rings (SSSR count). The predicted molar refractivity (Wildman–Crippen MR) is 69.0 cm³/mol. The van der Waals surface area contributed by atoms with Crippen LogP contribution in [0.5, 0.6) is 5.75 Å². The van der Waals surface area contributed by atoms with Gasteiger partial charge in [-0.05, 0) is 24.3 Å². The maximum atomic E-state index is 13.8. The second-order valence-corrected chi connectivity index (χ2v) is 4.48. The van der Waals surface area contributed by atoms with Crippen molar-refractivity contribution in [2.75, 3.05) is 7.11 Å². The molecule has 5 heteroatoms. The molecule has 3 nitrogen and oxygen atoms in total. The first-order valence-corrected chi connectivity index (χ1v) is 6.05. The van der Waals surface area contributed by atoms with E-state index in [1.54, 1.807) is 24.3 Å². The highest BCUT2D eigenvalue weighted by Crippen LogP contribution is 2.33. The maximum absolute atomic E-state index is 13.8. The number of benzene rings is 1. The quantitative estimate of drug-likeness (QED) is 0.947. The third-order valence-electron chi connectivity index (χ3n) is 2.55. The summed E-state index contributed by atoms with van der Waals surface area (Å²) in [7, 11) is 1.48. The van der Waals surface area contributed by atoms with Gasteiger partial charge in [-0.1, -0.05) is 22.0 Å². The van der Waals surface area contributed by atoms with E-state index in [-0.39, 0.29) is 11.3 Å². The molecule has 1 aromatic carbocycles. The van der Waals surface area contributed by atoms with Gasteiger partial charge in [0.2, 0.25) is 0 Å². The fraction of sp³-hybridized carbons (Fsp3) is 0.154. The van der Waals surface area contributed by atoms with Gasteiger partial charge in [-0.15, -0.1) is 0 Å². The highest BCUT2D eigenvalue weighted by atomic mass is 79.9. The molecule has 0 fully saturated rings. The van der Waals surface area contributed by atoms with Gasteiger partial charge in [0.05, 0.1) is 7.11 Å². The van der Waals surface area contributed by atoms with E-state index in [9.17, 15) is 9.50 Å². The SMILES string of the molecule is COc1cccnc1C(O)c1c(F)cccc1Br. The number of hydrogen-bond donors (Lipinski definition) is 1. The minimum atomic E-state index is -1.18. The summed E-state index contributed by atoms with van der Waals surface area (Å²) in [6, 6.07) is 7.87. The summed E-state index contributed by atoms with van der Waals surface area (Å²) in [6.45, 7) is 0. The Kier molecular flexibility index (Phi) is 3.93. The summed E-state index contributed by atoms with van der Waals surface area (Å²) in [5.74, 6) is -0.0789. The Morgan fingerprint density at radius 1 is 1.33 bits per heavy atom. The maximum Gasteiger partial charge on any atom is 0.143 e. The van der Waals surface area contributed by atoms with Crippen molar-refractivity contribution in [3.05, 3.63) is 58.1 Å². The molecule has 0 aliphatic heterocycles. The van der Waals surface area contributed by atoms with Crippen LogP contribution in [0.25, 0.3) is 0 Å². The average Bonchev–Trinajstić information content (AvgIpc) is 2.38. The normalized spacial score (nSPS) is 12.2. The Hall–Kier alpha value is -1.46. The van der Waals surface area contributed by atoms with E-state index in [0.29, 0.717) is 10.2 Å². The fourth-order valence-electron chi connectivity index (χ4n) is 1.69. The number of pyridine rings is 1. The lowest BCUT2D eigenvalue weighted by molar-refractivity contribution is 0.203. The van der Waals surface area contributed by atoms with E-state index in [0.717, 1.165) is 0 Å². The minimum absolute atomic E-state index is 0.148. The Balaban J connectivity index is 2.51. The molecular formula is C13H11BrFNO2. The van der Waals surface area contributed by atoms with Gasteiger partial charge in [-0.2, -0.15) is 0 Å². The molecule has 0 radical (unpaired) electrons. The number of aliphatic hydroxyl groups is 1. The zero-order valence-corrected chi connectivity index (χ0v) is 11.2. The van der Waals surface area contributed by atoms with Crippen LogP contribution in [0.4, 0.5) is 4.39 Å². The topological polar surface area (TPSA) is 42.4 Å². The monoisotopic (exact) mass is 311 g/mol. The van der Waals surface area contributed by atoms with Crippen LogP contribution >= 0.6 is 15.9 Å². The molecule has 0 aliphatic carbocycles. The number of nitrogens with zero attached hydrogens (tertiary/aromatic N) is 1. The van der Waals surface area contributed by atoms with Crippen LogP contribution in [-0.4, -0.2) is 17.2 Å². The highest BCUT2D eigenvalue weighted by Gasteiger charge is 2.22. The van der Waals surface area contributed by atoms with Gasteiger partial charge in [-0.3, -0.25) is 4.98 Å². The molecule has 1 aromatic heterocycles. The number of hydrogen-bond acceptors (Lipinski definition) is 3. The molecule has 2 aromatic rings. The van der Waals surface area contributed by atoms with Crippen molar-refractivity contribution < 1.29 is 14.2 Å². The molecule has 0 spiro atoms. The number of methoxy groups -OCH3 is 1. The lowest BCUT2D eigenvalue weighted by atomic mass is 10.0. The average molecular weight is 312 g/mol. The summed E-state index contributed by atoms with van der Waals surface area (Å²) in [5, 5.41) is 10.3. The summed E-state index contributed by atoms with van der Waals surface area (Å²) in [4.78, 5) is 4.05. The van der Waals surface area contributed by atoms with Crippen molar-refractivity contribution in [2.45, 2.75) is 6.10 Å². The van der Waals surface area contributed by atoms with Crippen LogP contribution in [0.2, 0.25) is 0 Å². The standard InChI is InChI=1S/C13H11BrFNO2/c1-18-10-6-3-7-16-12(10)13(17)11-8(14)4-2-5-9(11)15/h2-7,13,17H,1H3. The molecule has 1 atom stereocenters. The van der Waals surface area contributed by atoms with Crippen LogP contribution in [0, 0.1) is 5.82 Å². The molecular weight excluding hydrogens is 301 g/mol.